The molecule has 0 aliphatic heterocycles. The summed E-state index contributed by atoms with van der Waals surface area (Å²) in [5.41, 5.74) is 2.03. The summed E-state index contributed by atoms with van der Waals surface area (Å²) in [7, 11) is 0. The third kappa shape index (κ3) is 4.89. The van der Waals surface area contributed by atoms with Gasteiger partial charge in [0.15, 0.2) is 5.82 Å². The van der Waals surface area contributed by atoms with Crippen molar-refractivity contribution in [1.29, 1.82) is 0 Å². The molecule has 0 bridgehead atoms. The number of carbonyl (C=O) groups excluding carboxylic acids is 2. The lowest BCUT2D eigenvalue weighted by Gasteiger charge is -2.12. The Bertz CT molecular complexity index is 834. The van der Waals surface area contributed by atoms with Crippen molar-refractivity contribution in [3.63, 3.8) is 0 Å². The van der Waals surface area contributed by atoms with E-state index in [1.807, 2.05) is 12.1 Å². The first-order valence-electron chi connectivity index (χ1n) is 8.49. The predicted octanol–water partition coefficient (Wildman–Crippen LogP) is 3.80. The van der Waals surface area contributed by atoms with Crippen LogP contribution in [0.4, 0.5) is 5.13 Å². The van der Waals surface area contributed by atoms with E-state index >= 15 is 0 Å². The van der Waals surface area contributed by atoms with Gasteiger partial charge in [-0.25, -0.2) is 0 Å². The Labute approximate surface area is 160 Å². The lowest BCUT2D eigenvalue weighted by atomic mass is 9.97. The van der Waals surface area contributed by atoms with E-state index in [0.29, 0.717) is 23.0 Å². The van der Waals surface area contributed by atoms with Crippen molar-refractivity contribution >= 4 is 40.1 Å². The molecule has 0 radical (unpaired) electrons. The number of halogens is 1. The number of allylic oxidation sites excluding steroid dienone is 1. The number of rotatable bonds is 5. The molecule has 2 amide bonds. The lowest BCUT2D eigenvalue weighted by molar-refractivity contribution is -0.136. The molecular formula is C18H19ClN4O2S. The zero-order valence-corrected chi connectivity index (χ0v) is 15.7. The predicted molar refractivity (Wildman–Crippen MR) is 103 cm³/mol. The summed E-state index contributed by atoms with van der Waals surface area (Å²) >= 11 is 7.12. The zero-order chi connectivity index (χ0) is 18.4. The van der Waals surface area contributed by atoms with Crippen LogP contribution in [0, 0.1) is 0 Å². The molecule has 8 heteroatoms. The number of amides is 2. The molecule has 0 saturated heterocycles. The summed E-state index contributed by atoms with van der Waals surface area (Å²) in [5.74, 6) is -0.999. The van der Waals surface area contributed by atoms with Crippen molar-refractivity contribution < 1.29 is 9.59 Å². The van der Waals surface area contributed by atoms with Crippen LogP contribution in [-0.2, 0) is 9.59 Å². The molecule has 1 heterocycles. The quantitative estimate of drug-likeness (QED) is 0.600. The van der Waals surface area contributed by atoms with Crippen LogP contribution < -0.4 is 10.6 Å². The normalized spacial score (nSPS) is 13.8. The van der Waals surface area contributed by atoms with Gasteiger partial charge in [-0.05, 0) is 44.2 Å². The largest absolute Gasteiger partial charge is 0.348 e. The number of aromatic nitrogens is 2. The first-order valence-corrected chi connectivity index (χ1v) is 9.64. The second-order valence-electron chi connectivity index (χ2n) is 5.97. The first-order chi connectivity index (χ1) is 12.6. The van der Waals surface area contributed by atoms with Gasteiger partial charge < -0.3 is 5.32 Å². The Balaban J connectivity index is 1.50. The van der Waals surface area contributed by atoms with Gasteiger partial charge in [0.1, 0.15) is 0 Å². The maximum absolute atomic E-state index is 12.0. The Morgan fingerprint density at radius 1 is 1.19 bits per heavy atom. The second kappa shape index (κ2) is 8.91. The number of nitrogens with one attached hydrogen (secondary N) is 2. The third-order valence-electron chi connectivity index (χ3n) is 4.08. The van der Waals surface area contributed by atoms with Crippen molar-refractivity contribution in [3.05, 3.63) is 40.9 Å². The van der Waals surface area contributed by atoms with Gasteiger partial charge >= 0.3 is 11.8 Å². The van der Waals surface area contributed by atoms with Gasteiger partial charge in [-0.15, -0.1) is 0 Å². The van der Waals surface area contributed by atoms with E-state index < -0.39 is 11.8 Å². The fourth-order valence-electron chi connectivity index (χ4n) is 2.73. The highest BCUT2D eigenvalue weighted by atomic mass is 35.5. The summed E-state index contributed by atoms with van der Waals surface area (Å²) < 4.78 is 4.18. The summed E-state index contributed by atoms with van der Waals surface area (Å²) in [5, 5.41) is 5.90. The molecule has 1 aliphatic carbocycles. The van der Waals surface area contributed by atoms with Crippen LogP contribution >= 0.6 is 23.1 Å². The topological polar surface area (TPSA) is 84.0 Å². The van der Waals surface area contributed by atoms with Gasteiger partial charge in [0.05, 0.1) is 5.02 Å². The molecular weight excluding hydrogens is 372 g/mol. The van der Waals surface area contributed by atoms with E-state index in [9.17, 15) is 9.59 Å². The maximum atomic E-state index is 12.0. The summed E-state index contributed by atoms with van der Waals surface area (Å²) in [6.45, 7) is 0.457. The Morgan fingerprint density at radius 2 is 2.04 bits per heavy atom. The molecule has 26 heavy (non-hydrogen) atoms. The van der Waals surface area contributed by atoms with Crippen molar-refractivity contribution in [2.75, 3.05) is 11.9 Å². The third-order valence-corrected chi connectivity index (χ3v) is 5.04. The minimum Gasteiger partial charge on any atom is -0.348 e. The van der Waals surface area contributed by atoms with Crippen LogP contribution in [0.25, 0.3) is 11.4 Å². The summed E-state index contributed by atoms with van der Waals surface area (Å²) in [4.78, 5) is 28.1. The average molecular weight is 391 g/mol. The number of benzene rings is 1. The molecule has 1 aromatic carbocycles. The van der Waals surface area contributed by atoms with Crippen LogP contribution in [-0.4, -0.2) is 27.7 Å². The molecule has 0 atom stereocenters. The van der Waals surface area contributed by atoms with E-state index in [0.717, 1.165) is 30.8 Å². The summed E-state index contributed by atoms with van der Waals surface area (Å²) in [6.07, 6.45) is 7.63. The molecule has 3 rings (SSSR count). The van der Waals surface area contributed by atoms with Gasteiger partial charge in [0.25, 0.3) is 0 Å². The second-order valence-corrected chi connectivity index (χ2v) is 7.13. The van der Waals surface area contributed by atoms with Gasteiger partial charge in [-0.2, -0.15) is 9.36 Å². The molecule has 136 valence electrons. The number of anilines is 1. The molecule has 2 N–H and O–H groups in total. The molecule has 1 aliphatic rings. The van der Waals surface area contributed by atoms with Crippen LogP contribution in [0.3, 0.4) is 0 Å². The number of hydrogen-bond donors (Lipinski definition) is 2. The fraction of sp³-hybridized carbons (Fsp3) is 0.333. The highest BCUT2D eigenvalue weighted by molar-refractivity contribution is 7.10. The molecule has 1 aromatic heterocycles. The SMILES string of the molecule is O=C(NCCC1=CCCCC1)C(=O)Nc1nc(-c2ccccc2Cl)ns1. The smallest absolute Gasteiger partial charge is 0.315 e. The Kier molecular flexibility index (Phi) is 6.35. The van der Waals surface area contributed by atoms with E-state index in [1.165, 1.54) is 18.4 Å². The Hall–Kier alpha value is -2.25. The summed E-state index contributed by atoms with van der Waals surface area (Å²) in [6, 6.07) is 7.18. The van der Waals surface area contributed by atoms with Crippen molar-refractivity contribution in [2.45, 2.75) is 32.1 Å². The van der Waals surface area contributed by atoms with Crippen molar-refractivity contribution in [3.8, 4) is 11.4 Å². The van der Waals surface area contributed by atoms with Crippen LogP contribution in [0.5, 0.6) is 0 Å². The Morgan fingerprint density at radius 3 is 2.81 bits per heavy atom. The number of hydrogen-bond acceptors (Lipinski definition) is 5. The standard InChI is InChI=1S/C18H19ClN4O2S/c19-14-9-5-4-8-13(14)15-21-18(26-23-15)22-17(25)16(24)20-11-10-12-6-2-1-3-7-12/h4-6,8-9H,1-3,7,10-11H2,(H,20,24)(H,21,22,23,25). The van der Waals surface area contributed by atoms with E-state index in [1.54, 1.807) is 12.1 Å². The number of nitrogens with zero attached hydrogens (tertiary/aromatic N) is 2. The first kappa shape index (κ1) is 18.5. The van der Waals surface area contributed by atoms with Gasteiger partial charge in [-0.3, -0.25) is 14.9 Å². The molecule has 0 fully saturated rings. The molecule has 0 spiro atoms. The zero-order valence-electron chi connectivity index (χ0n) is 14.1. The average Bonchev–Trinajstić information content (AvgIpc) is 3.11. The fourth-order valence-corrected chi connectivity index (χ4v) is 3.53. The van der Waals surface area contributed by atoms with Crippen molar-refractivity contribution in [2.24, 2.45) is 0 Å². The lowest BCUT2D eigenvalue weighted by Crippen LogP contribution is -2.36. The van der Waals surface area contributed by atoms with E-state index in [2.05, 4.69) is 26.1 Å². The van der Waals surface area contributed by atoms with Gasteiger partial charge in [0, 0.05) is 23.6 Å². The van der Waals surface area contributed by atoms with E-state index in [-0.39, 0.29) is 5.13 Å². The molecule has 6 nitrogen and oxygen atoms in total. The van der Waals surface area contributed by atoms with Crippen LogP contribution in [0.15, 0.2) is 35.9 Å². The van der Waals surface area contributed by atoms with Crippen molar-refractivity contribution in [1.82, 2.24) is 14.7 Å². The highest BCUT2D eigenvalue weighted by Crippen LogP contribution is 2.27. The molecule has 0 unspecified atom stereocenters. The van der Waals surface area contributed by atoms with Crippen LogP contribution in [0.1, 0.15) is 32.1 Å². The number of carbonyl (C=O) groups is 2. The minimum atomic E-state index is -0.746. The maximum Gasteiger partial charge on any atom is 0.315 e. The van der Waals surface area contributed by atoms with E-state index in [4.69, 9.17) is 11.6 Å². The van der Waals surface area contributed by atoms with Gasteiger partial charge in [0.2, 0.25) is 5.13 Å². The highest BCUT2D eigenvalue weighted by Gasteiger charge is 2.17. The minimum absolute atomic E-state index is 0.259. The van der Waals surface area contributed by atoms with Gasteiger partial charge in [-0.1, -0.05) is 35.4 Å². The van der Waals surface area contributed by atoms with Crippen LogP contribution in [0.2, 0.25) is 5.02 Å². The monoisotopic (exact) mass is 390 g/mol. The molecule has 2 aromatic rings. The molecule has 0 saturated carbocycles.